The molecule has 1 aromatic carbocycles. The smallest absolute Gasteiger partial charge is 0.290 e. The standard InChI is InChI=1S/C22H27N3O2/c1-15-12-16-4-2-3-5-20(16)24(15)14-17-9-11-27-21(17)22(26)25-18-6-7-19(25)13-23-10-8-18/h2-5,9,11,15,18-19,23H,6-8,10,12-14H2,1H3. The summed E-state index contributed by atoms with van der Waals surface area (Å²) in [5.74, 6) is 0.608. The van der Waals surface area contributed by atoms with Crippen molar-refractivity contribution >= 4 is 11.6 Å². The Kier molecular flexibility index (Phi) is 4.20. The quantitative estimate of drug-likeness (QED) is 0.907. The first kappa shape index (κ1) is 16.9. The van der Waals surface area contributed by atoms with Crippen molar-refractivity contribution in [3.05, 3.63) is 53.5 Å². The molecule has 0 radical (unpaired) electrons. The van der Waals surface area contributed by atoms with E-state index in [1.807, 2.05) is 6.07 Å². The highest BCUT2D eigenvalue weighted by Crippen LogP contribution is 2.35. The predicted octanol–water partition coefficient (Wildman–Crippen LogP) is 3.20. The third kappa shape index (κ3) is 2.85. The molecule has 0 spiro atoms. The van der Waals surface area contributed by atoms with E-state index in [1.54, 1.807) is 6.26 Å². The molecule has 2 fully saturated rings. The van der Waals surface area contributed by atoms with Crippen LogP contribution in [0.3, 0.4) is 0 Å². The van der Waals surface area contributed by atoms with Gasteiger partial charge in [-0.1, -0.05) is 18.2 Å². The summed E-state index contributed by atoms with van der Waals surface area (Å²) in [4.78, 5) is 17.9. The fourth-order valence-corrected chi connectivity index (χ4v) is 5.13. The number of para-hydroxylation sites is 1. The third-order valence-corrected chi connectivity index (χ3v) is 6.52. The molecule has 0 saturated carbocycles. The van der Waals surface area contributed by atoms with Crippen LogP contribution in [0, 0.1) is 0 Å². The molecule has 1 N–H and O–H groups in total. The van der Waals surface area contributed by atoms with Gasteiger partial charge in [-0.15, -0.1) is 0 Å². The van der Waals surface area contributed by atoms with Crippen LogP contribution in [0.2, 0.25) is 0 Å². The molecule has 142 valence electrons. The lowest BCUT2D eigenvalue weighted by atomic mass is 10.1. The maximum absolute atomic E-state index is 13.4. The van der Waals surface area contributed by atoms with E-state index in [9.17, 15) is 4.79 Å². The second-order valence-electron chi connectivity index (χ2n) is 8.17. The van der Waals surface area contributed by atoms with Crippen molar-refractivity contribution in [1.29, 1.82) is 0 Å². The summed E-state index contributed by atoms with van der Waals surface area (Å²) in [5, 5.41) is 3.47. The maximum Gasteiger partial charge on any atom is 0.290 e. The maximum atomic E-state index is 13.4. The van der Waals surface area contributed by atoms with Gasteiger partial charge in [0.15, 0.2) is 5.76 Å². The number of amides is 1. The van der Waals surface area contributed by atoms with Crippen molar-refractivity contribution in [2.45, 2.75) is 57.3 Å². The van der Waals surface area contributed by atoms with Crippen molar-refractivity contribution < 1.29 is 9.21 Å². The number of hydrogen-bond acceptors (Lipinski definition) is 4. The van der Waals surface area contributed by atoms with Crippen LogP contribution in [0.4, 0.5) is 5.69 Å². The van der Waals surface area contributed by atoms with Crippen molar-refractivity contribution in [3.8, 4) is 0 Å². The van der Waals surface area contributed by atoms with E-state index in [0.29, 0.717) is 23.9 Å². The summed E-state index contributed by atoms with van der Waals surface area (Å²) in [6, 6.07) is 11.6. The highest BCUT2D eigenvalue weighted by atomic mass is 16.3. The Morgan fingerprint density at radius 1 is 1.19 bits per heavy atom. The normalized spacial score (nSPS) is 26.9. The first-order valence-corrected chi connectivity index (χ1v) is 10.2. The van der Waals surface area contributed by atoms with Gasteiger partial charge >= 0.3 is 0 Å². The van der Waals surface area contributed by atoms with Gasteiger partial charge in [0.2, 0.25) is 0 Å². The second-order valence-corrected chi connectivity index (χ2v) is 8.17. The van der Waals surface area contributed by atoms with E-state index in [4.69, 9.17) is 4.42 Å². The number of benzene rings is 1. The Morgan fingerprint density at radius 2 is 2.04 bits per heavy atom. The summed E-state index contributed by atoms with van der Waals surface area (Å²) < 4.78 is 5.74. The Bertz CT molecular complexity index is 832. The Labute approximate surface area is 160 Å². The molecule has 5 rings (SSSR count). The van der Waals surface area contributed by atoms with Crippen LogP contribution in [0.5, 0.6) is 0 Å². The van der Waals surface area contributed by atoms with Gasteiger partial charge in [0.05, 0.1) is 6.26 Å². The molecular formula is C22H27N3O2. The number of nitrogens with one attached hydrogen (secondary N) is 1. The topological polar surface area (TPSA) is 48.7 Å². The van der Waals surface area contributed by atoms with E-state index in [-0.39, 0.29) is 5.91 Å². The minimum Gasteiger partial charge on any atom is -0.459 e. The molecule has 2 aromatic rings. The lowest BCUT2D eigenvalue weighted by Crippen LogP contribution is -2.43. The van der Waals surface area contributed by atoms with Gasteiger partial charge in [0, 0.05) is 42.5 Å². The molecule has 3 aliphatic heterocycles. The SMILES string of the molecule is CC1Cc2ccccc2N1Cc1ccoc1C(=O)N1C2CCNCC1CC2. The molecule has 0 aliphatic carbocycles. The Hall–Kier alpha value is -2.27. The van der Waals surface area contributed by atoms with Gasteiger partial charge in [0.25, 0.3) is 5.91 Å². The minimum atomic E-state index is 0.0753. The van der Waals surface area contributed by atoms with Crippen LogP contribution in [0.15, 0.2) is 41.0 Å². The highest BCUT2D eigenvalue weighted by Gasteiger charge is 2.40. The number of hydrogen-bond donors (Lipinski definition) is 1. The summed E-state index contributed by atoms with van der Waals surface area (Å²) in [6.45, 7) is 4.87. The zero-order chi connectivity index (χ0) is 18.4. The van der Waals surface area contributed by atoms with Crippen LogP contribution < -0.4 is 10.2 Å². The molecule has 3 aliphatic rings. The molecule has 1 amide bonds. The van der Waals surface area contributed by atoms with Gasteiger partial charge in [-0.2, -0.15) is 0 Å². The van der Waals surface area contributed by atoms with Crippen molar-refractivity contribution in [2.24, 2.45) is 0 Å². The monoisotopic (exact) mass is 365 g/mol. The first-order valence-electron chi connectivity index (χ1n) is 10.2. The summed E-state index contributed by atoms with van der Waals surface area (Å²) in [5.41, 5.74) is 3.67. The first-order chi connectivity index (χ1) is 13.2. The fraction of sp³-hybridized carbons (Fsp3) is 0.500. The van der Waals surface area contributed by atoms with Crippen LogP contribution in [-0.4, -0.2) is 42.0 Å². The van der Waals surface area contributed by atoms with E-state index >= 15 is 0 Å². The van der Waals surface area contributed by atoms with Crippen LogP contribution in [0.25, 0.3) is 0 Å². The molecular weight excluding hydrogens is 338 g/mol. The van der Waals surface area contributed by atoms with Crippen LogP contribution >= 0.6 is 0 Å². The van der Waals surface area contributed by atoms with Gasteiger partial charge < -0.3 is 19.5 Å². The van der Waals surface area contributed by atoms with Crippen LogP contribution in [0.1, 0.15) is 47.9 Å². The minimum absolute atomic E-state index is 0.0753. The predicted molar refractivity (Wildman–Crippen MR) is 105 cm³/mol. The number of fused-ring (bicyclic) bond motifs is 3. The zero-order valence-electron chi connectivity index (χ0n) is 15.9. The fourth-order valence-electron chi connectivity index (χ4n) is 5.13. The Balaban J connectivity index is 1.41. The molecule has 3 atom stereocenters. The summed E-state index contributed by atoms with van der Waals surface area (Å²) in [7, 11) is 0. The number of carbonyl (C=O) groups excluding carboxylic acids is 1. The average Bonchev–Trinajstić information content (AvgIpc) is 3.31. The molecule has 3 unspecified atom stereocenters. The lowest BCUT2D eigenvalue weighted by Gasteiger charge is -2.28. The van der Waals surface area contributed by atoms with Gasteiger partial charge in [-0.25, -0.2) is 0 Å². The second kappa shape index (κ2) is 6.71. The Morgan fingerprint density at radius 3 is 2.96 bits per heavy atom. The number of nitrogens with zero attached hydrogens (tertiary/aromatic N) is 2. The van der Waals surface area contributed by atoms with Crippen molar-refractivity contribution in [1.82, 2.24) is 10.2 Å². The molecule has 5 nitrogen and oxygen atoms in total. The number of carbonyl (C=O) groups is 1. The largest absolute Gasteiger partial charge is 0.459 e. The number of anilines is 1. The molecule has 5 heteroatoms. The van der Waals surface area contributed by atoms with E-state index in [0.717, 1.165) is 50.9 Å². The van der Waals surface area contributed by atoms with E-state index in [2.05, 4.69) is 46.3 Å². The lowest BCUT2D eigenvalue weighted by molar-refractivity contribution is 0.0645. The van der Waals surface area contributed by atoms with Gasteiger partial charge in [-0.05, 0) is 56.8 Å². The van der Waals surface area contributed by atoms with Gasteiger partial charge in [-0.3, -0.25) is 4.79 Å². The summed E-state index contributed by atoms with van der Waals surface area (Å²) >= 11 is 0. The average molecular weight is 365 g/mol. The molecule has 2 bridgehead atoms. The molecule has 2 saturated heterocycles. The van der Waals surface area contributed by atoms with E-state index in [1.165, 1.54) is 11.3 Å². The summed E-state index contributed by atoms with van der Waals surface area (Å²) in [6.07, 6.45) is 5.97. The van der Waals surface area contributed by atoms with Crippen molar-refractivity contribution in [2.75, 3.05) is 18.0 Å². The van der Waals surface area contributed by atoms with Crippen LogP contribution in [-0.2, 0) is 13.0 Å². The third-order valence-electron chi connectivity index (χ3n) is 6.52. The highest BCUT2D eigenvalue weighted by molar-refractivity contribution is 5.93. The number of furan rings is 1. The molecule has 4 heterocycles. The number of rotatable bonds is 3. The molecule has 27 heavy (non-hydrogen) atoms. The van der Waals surface area contributed by atoms with E-state index < -0.39 is 0 Å². The van der Waals surface area contributed by atoms with Crippen molar-refractivity contribution in [3.63, 3.8) is 0 Å². The molecule has 1 aromatic heterocycles. The van der Waals surface area contributed by atoms with Gasteiger partial charge in [0.1, 0.15) is 0 Å². The zero-order valence-corrected chi connectivity index (χ0v) is 15.9.